The number of benzene rings is 1. The Morgan fingerprint density at radius 1 is 1.15 bits per heavy atom. The van der Waals surface area contributed by atoms with Gasteiger partial charge in [0.05, 0.1) is 10.9 Å². The van der Waals surface area contributed by atoms with Gasteiger partial charge < -0.3 is 5.32 Å². The van der Waals surface area contributed by atoms with E-state index in [1.54, 1.807) is 25.2 Å². The fourth-order valence-electron chi connectivity index (χ4n) is 3.04. The molecule has 0 unspecified atom stereocenters. The highest BCUT2D eigenvalue weighted by molar-refractivity contribution is 5.98. The molecule has 1 amide bonds. The predicted molar refractivity (Wildman–Crippen MR) is 104 cm³/mol. The molecule has 1 N–H and O–H groups in total. The van der Waals surface area contributed by atoms with Gasteiger partial charge in [-0.3, -0.25) is 14.2 Å². The largest absolute Gasteiger partial charge is 0.352 e. The van der Waals surface area contributed by atoms with Gasteiger partial charge in [0, 0.05) is 25.7 Å². The molecule has 8 nitrogen and oxygen atoms in total. The van der Waals surface area contributed by atoms with Crippen molar-refractivity contribution in [1.82, 2.24) is 24.1 Å². The molecule has 1 aromatic carbocycles. The van der Waals surface area contributed by atoms with E-state index in [2.05, 4.69) is 10.4 Å². The number of nitrogens with one attached hydrogen (secondary N) is 1. The lowest BCUT2D eigenvalue weighted by atomic mass is 10.1. The number of nitrogens with zero attached hydrogens (tertiary/aromatic N) is 4. The van der Waals surface area contributed by atoms with E-state index in [-0.39, 0.29) is 28.9 Å². The van der Waals surface area contributed by atoms with Crippen molar-refractivity contribution in [3.8, 4) is 0 Å². The molecule has 144 valence electrons. The second-order valence-electron chi connectivity index (χ2n) is 7.69. The first-order valence-electron chi connectivity index (χ1n) is 9.11. The molecule has 0 saturated carbocycles. The molecule has 27 heavy (non-hydrogen) atoms. The average Bonchev–Trinajstić information content (AvgIpc) is 2.91. The molecule has 0 aliphatic carbocycles. The van der Waals surface area contributed by atoms with Crippen molar-refractivity contribution in [3.63, 3.8) is 0 Å². The molecule has 0 bridgehead atoms. The Balaban J connectivity index is 2.28. The monoisotopic (exact) mass is 371 g/mol. The van der Waals surface area contributed by atoms with Crippen molar-refractivity contribution in [2.45, 2.75) is 34.2 Å². The average molecular weight is 371 g/mol. The van der Waals surface area contributed by atoms with Crippen molar-refractivity contribution in [2.75, 3.05) is 6.54 Å². The third-order valence-corrected chi connectivity index (χ3v) is 4.34. The van der Waals surface area contributed by atoms with Crippen LogP contribution in [0.15, 0.2) is 27.8 Å². The molecule has 0 radical (unpaired) electrons. The van der Waals surface area contributed by atoms with Crippen LogP contribution in [-0.2, 0) is 13.6 Å². The minimum atomic E-state index is -0.354. The van der Waals surface area contributed by atoms with Gasteiger partial charge in [0.25, 0.3) is 11.5 Å². The second kappa shape index (κ2) is 7.02. The van der Waals surface area contributed by atoms with Gasteiger partial charge in [0.2, 0.25) is 5.78 Å². The summed E-state index contributed by atoms with van der Waals surface area (Å²) < 4.78 is 4.13. The van der Waals surface area contributed by atoms with Gasteiger partial charge in [-0.2, -0.15) is 0 Å². The highest BCUT2D eigenvalue weighted by Gasteiger charge is 2.18. The molecule has 0 aliphatic heterocycles. The van der Waals surface area contributed by atoms with Gasteiger partial charge in [0.15, 0.2) is 0 Å². The summed E-state index contributed by atoms with van der Waals surface area (Å²) in [5.41, 5.74) is 0.227. The number of hydrogen-bond donors (Lipinski definition) is 1. The first-order valence-corrected chi connectivity index (χ1v) is 9.11. The molecule has 8 heteroatoms. The lowest BCUT2D eigenvalue weighted by molar-refractivity contribution is 0.0949. The quantitative estimate of drug-likeness (QED) is 0.734. The van der Waals surface area contributed by atoms with Crippen LogP contribution in [0.2, 0.25) is 0 Å². The lowest BCUT2D eigenvalue weighted by Crippen LogP contribution is -2.29. The number of rotatable bonds is 5. The zero-order chi connectivity index (χ0) is 19.9. The van der Waals surface area contributed by atoms with Crippen molar-refractivity contribution in [2.24, 2.45) is 18.9 Å². The molecule has 2 aromatic heterocycles. The van der Waals surface area contributed by atoms with Crippen LogP contribution in [0.4, 0.5) is 0 Å². The molecule has 0 aliphatic rings. The molecule has 2 heterocycles. The fourth-order valence-corrected chi connectivity index (χ4v) is 3.04. The summed E-state index contributed by atoms with van der Waals surface area (Å²) in [6.07, 6.45) is 0. The van der Waals surface area contributed by atoms with E-state index in [9.17, 15) is 14.4 Å². The van der Waals surface area contributed by atoms with Gasteiger partial charge in [0.1, 0.15) is 0 Å². The lowest BCUT2D eigenvalue weighted by Gasteiger charge is -2.13. The Labute approximate surface area is 156 Å². The Hall–Kier alpha value is -2.90. The minimum absolute atomic E-state index is 0.210. The summed E-state index contributed by atoms with van der Waals surface area (Å²) in [5.74, 6) is 0.586. The van der Waals surface area contributed by atoms with Crippen LogP contribution in [0.5, 0.6) is 0 Å². The number of carbonyl (C=O) groups is 1. The van der Waals surface area contributed by atoms with Crippen LogP contribution in [0, 0.1) is 11.8 Å². The van der Waals surface area contributed by atoms with Crippen LogP contribution in [-0.4, -0.2) is 31.2 Å². The molecule has 3 rings (SSSR count). The first kappa shape index (κ1) is 18.9. The van der Waals surface area contributed by atoms with Crippen LogP contribution < -0.4 is 16.6 Å². The Bertz CT molecular complexity index is 1130. The molecule has 0 saturated heterocycles. The standard InChI is InChI=1S/C19H25N5O3/c1-11(2)9-20-16(25)13-6-7-14-15(8-13)24-18(21-22(5)19(24)27)23(17(14)26)10-12(3)4/h6-8,11-12H,9-10H2,1-5H3,(H,20,25). The Kier molecular flexibility index (Phi) is 4.91. The third kappa shape index (κ3) is 3.39. The van der Waals surface area contributed by atoms with E-state index in [1.165, 1.54) is 13.6 Å². The Morgan fingerprint density at radius 2 is 1.85 bits per heavy atom. The van der Waals surface area contributed by atoms with Crippen molar-refractivity contribution < 1.29 is 4.79 Å². The summed E-state index contributed by atoms with van der Waals surface area (Å²) in [5, 5.41) is 7.48. The number of fused-ring (bicyclic) bond motifs is 3. The van der Waals surface area contributed by atoms with Crippen LogP contribution >= 0.6 is 0 Å². The summed E-state index contributed by atoms with van der Waals surface area (Å²) in [4.78, 5) is 38.0. The van der Waals surface area contributed by atoms with E-state index in [1.807, 2.05) is 27.7 Å². The van der Waals surface area contributed by atoms with Gasteiger partial charge in [-0.25, -0.2) is 13.9 Å². The van der Waals surface area contributed by atoms with Crippen molar-refractivity contribution in [1.29, 1.82) is 0 Å². The van der Waals surface area contributed by atoms with E-state index < -0.39 is 0 Å². The smallest absolute Gasteiger partial charge is 0.351 e. The highest BCUT2D eigenvalue weighted by Crippen LogP contribution is 2.15. The van der Waals surface area contributed by atoms with E-state index in [4.69, 9.17) is 0 Å². The number of hydrogen-bond acceptors (Lipinski definition) is 4. The minimum Gasteiger partial charge on any atom is -0.352 e. The normalized spacial score (nSPS) is 11.8. The summed E-state index contributed by atoms with van der Waals surface area (Å²) in [6, 6.07) is 4.81. The molecular formula is C19H25N5O3. The third-order valence-electron chi connectivity index (χ3n) is 4.34. The molecule has 3 aromatic rings. The fraction of sp³-hybridized carbons (Fsp3) is 0.474. The maximum atomic E-state index is 13.0. The number of aryl methyl sites for hydroxylation is 1. The van der Waals surface area contributed by atoms with Gasteiger partial charge in [-0.1, -0.05) is 27.7 Å². The zero-order valence-electron chi connectivity index (χ0n) is 16.3. The predicted octanol–water partition coefficient (Wildman–Crippen LogP) is 1.39. The van der Waals surface area contributed by atoms with Crippen LogP contribution in [0.25, 0.3) is 16.7 Å². The van der Waals surface area contributed by atoms with Crippen molar-refractivity contribution in [3.05, 3.63) is 44.6 Å². The van der Waals surface area contributed by atoms with E-state index in [0.29, 0.717) is 35.5 Å². The number of carbonyl (C=O) groups excluding carboxylic acids is 1. The number of amides is 1. The highest BCUT2D eigenvalue weighted by atomic mass is 16.2. The first-order chi connectivity index (χ1) is 12.7. The van der Waals surface area contributed by atoms with Gasteiger partial charge in [-0.05, 0) is 30.0 Å². The molecule has 0 fully saturated rings. The van der Waals surface area contributed by atoms with Crippen molar-refractivity contribution >= 4 is 22.6 Å². The Morgan fingerprint density at radius 3 is 2.48 bits per heavy atom. The van der Waals surface area contributed by atoms with Crippen LogP contribution in [0.1, 0.15) is 38.1 Å². The molecule has 0 spiro atoms. The second-order valence-corrected chi connectivity index (χ2v) is 7.69. The van der Waals surface area contributed by atoms with E-state index in [0.717, 1.165) is 0 Å². The SMILES string of the molecule is CC(C)CNC(=O)c1ccc2c(=O)n(CC(C)C)c3nn(C)c(=O)n3c2c1. The molecule has 0 atom stereocenters. The molecular weight excluding hydrogens is 346 g/mol. The van der Waals surface area contributed by atoms with Gasteiger partial charge >= 0.3 is 5.69 Å². The van der Waals surface area contributed by atoms with Gasteiger partial charge in [-0.15, -0.1) is 5.10 Å². The van der Waals surface area contributed by atoms with Crippen LogP contribution in [0.3, 0.4) is 0 Å². The van der Waals surface area contributed by atoms with E-state index >= 15 is 0 Å². The number of aromatic nitrogens is 4. The zero-order valence-corrected chi connectivity index (χ0v) is 16.3. The summed E-state index contributed by atoms with van der Waals surface area (Å²) in [6.45, 7) is 9.01. The maximum Gasteiger partial charge on any atom is 0.351 e. The summed E-state index contributed by atoms with van der Waals surface area (Å²) in [7, 11) is 1.55. The maximum absolute atomic E-state index is 13.0. The summed E-state index contributed by atoms with van der Waals surface area (Å²) >= 11 is 0. The topological polar surface area (TPSA) is 90.4 Å².